The van der Waals surface area contributed by atoms with Crippen molar-refractivity contribution in [3.8, 4) is 0 Å². The fraction of sp³-hybridized carbons (Fsp3) is 0.269. The van der Waals surface area contributed by atoms with E-state index in [1.807, 2.05) is 51.9 Å². The number of thioether (sulfide) groups is 1. The van der Waals surface area contributed by atoms with Crippen molar-refractivity contribution in [3.63, 3.8) is 0 Å². The second-order valence-electron chi connectivity index (χ2n) is 8.92. The van der Waals surface area contributed by atoms with Gasteiger partial charge in [-0.3, -0.25) is 14.5 Å². The minimum absolute atomic E-state index is 0.0293. The van der Waals surface area contributed by atoms with Gasteiger partial charge >= 0.3 is 0 Å². The lowest BCUT2D eigenvalue weighted by atomic mass is 9.83. The summed E-state index contributed by atoms with van der Waals surface area (Å²) in [4.78, 5) is 32.0. The van der Waals surface area contributed by atoms with E-state index >= 15 is 0 Å². The fourth-order valence-electron chi connectivity index (χ4n) is 5.30. The molecule has 1 aromatic heterocycles. The van der Waals surface area contributed by atoms with Crippen molar-refractivity contribution in [2.24, 2.45) is 5.92 Å². The first-order valence-corrected chi connectivity index (χ1v) is 13.6. The van der Waals surface area contributed by atoms with Gasteiger partial charge in [-0.05, 0) is 42.7 Å². The Balaban J connectivity index is 1.18. The highest BCUT2D eigenvalue weighted by atomic mass is 32.2. The largest absolute Gasteiger partial charge is 0.356 e. The molecule has 5 nitrogen and oxygen atoms in total. The molecule has 172 valence electrons. The molecule has 4 heterocycles. The van der Waals surface area contributed by atoms with Crippen LogP contribution in [-0.4, -0.2) is 38.5 Å². The molecule has 8 heteroatoms. The van der Waals surface area contributed by atoms with Crippen LogP contribution in [0.4, 0.5) is 11.4 Å². The SMILES string of the molecule is O=C(CSC(=S)N1C[C@@H]2C[C@@H](C1)c1cccc(=O)n1C2)N1c2ccccc2Sc2ccccc21. The van der Waals surface area contributed by atoms with Crippen molar-refractivity contribution in [2.75, 3.05) is 23.7 Å². The van der Waals surface area contributed by atoms with Crippen molar-refractivity contribution in [1.29, 1.82) is 0 Å². The Morgan fingerprint density at radius 3 is 2.38 bits per heavy atom. The molecule has 0 saturated carbocycles. The lowest BCUT2D eigenvalue weighted by Gasteiger charge is -2.43. The predicted octanol–water partition coefficient (Wildman–Crippen LogP) is 5.12. The summed E-state index contributed by atoms with van der Waals surface area (Å²) in [5, 5.41) is 0. The average Bonchev–Trinajstić information content (AvgIpc) is 2.86. The number of carbonyl (C=O) groups excluding carboxylic acids is 1. The number of hydrogen-bond acceptors (Lipinski definition) is 5. The first-order chi connectivity index (χ1) is 16.6. The van der Waals surface area contributed by atoms with Crippen LogP contribution in [0.15, 0.2) is 81.3 Å². The normalized spacial score (nSPS) is 20.2. The van der Waals surface area contributed by atoms with Crippen LogP contribution in [0.1, 0.15) is 18.0 Å². The second kappa shape index (κ2) is 8.91. The van der Waals surface area contributed by atoms with E-state index < -0.39 is 0 Å². The molecule has 3 aliphatic rings. The van der Waals surface area contributed by atoms with E-state index in [1.165, 1.54) is 11.8 Å². The Morgan fingerprint density at radius 2 is 1.65 bits per heavy atom. The molecule has 2 aromatic carbocycles. The molecule has 0 spiro atoms. The van der Waals surface area contributed by atoms with Gasteiger partial charge in [0.2, 0.25) is 5.91 Å². The third-order valence-corrected chi connectivity index (χ3v) is 9.38. The maximum Gasteiger partial charge on any atom is 0.250 e. The molecule has 1 amide bonds. The number of pyridine rings is 1. The Morgan fingerprint density at radius 1 is 0.941 bits per heavy atom. The summed E-state index contributed by atoms with van der Waals surface area (Å²) >= 11 is 8.94. The molecule has 2 atom stereocenters. The van der Waals surface area contributed by atoms with Crippen LogP contribution in [0.2, 0.25) is 0 Å². The molecule has 2 bridgehead atoms. The third-order valence-electron chi connectivity index (χ3n) is 6.74. The molecule has 0 radical (unpaired) electrons. The zero-order valence-electron chi connectivity index (χ0n) is 18.4. The topological polar surface area (TPSA) is 45.6 Å². The number of amides is 1. The van der Waals surface area contributed by atoms with E-state index in [9.17, 15) is 9.59 Å². The van der Waals surface area contributed by atoms with Crippen molar-refractivity contribution >= 4 is 57.3 Å². The maximum atomic E-state index is 13.5. The molecule has 0 aliphatic carbocycles. The Kier molecular flexibility index (Phi) is 5.75. The molecule has 34 heavy (non-hydrogen) atoms. The summed E-state index contributed by atoms with van der Waals surface area (Å²) in [6, 6.07) is 21.6. The van der Waals surface area contributed by atoms with Gasteiger partial charge in [-0.15, -0.1) is 0 Å². The number of benzene rings is 2. The number of carbonyl (C=O) groups is 1. The third kappa shape index (κ3) is 3.87. The van der Waals surface area contributed by atoms with Crippen LogP contribution in [0, 0.1) is 5.92 Å². The van der Waals surface area contributed by atoms with Crippen molar-refractivity contribution in [1.82, 2.24) is 9.47 Å². The Labute approximate surface area is 212 Å². The number of fused-ring (bicyclic) bond motifs is 6. The Bertz CT molecular complexity index is 1310. The summed E-state index contributed by atoms with van der Waals surface area (Å²) in [7, 11) is 0. The van der Waals surface area contributed by atoms with Crippen LogP contribution in [0.5, 0.6) is 0 Å². The molecule has 1 fully saturated rings. The highest BCUT2D eigenvalue weighted by Crippen LogP contribution is 2.48. The first-order valence-electron chi connectivity index (χ1n) is 11.4. The van der Waals surface area contributed by atoms with Crippen molar-refractivity contribution < 1.29 is 4.79 Å². The summed E-state index contributed by atoms with van der Waals surface area (Å²) < 4.78 is 2.70. The van der Waals surface area contributed by atoms with E-state index in [4.69, 9.17) is 12.2 Å². The smallest absolute Gasteiger partial charge is 0.250 e. The molecular formula is C26H23N3O2S3. The number of para-hydroxylation sites is 2. The van der Waals surface area contributed by atoms with Gasteiger partial charge in [-0.1, -0.05) is 66.1 Å². The molecule has 0 N–H and O–H groups in total. The fourth-order valence-corrected chi connectivity index (χ4v) is 7.39. The van der Waals surface area contributed by atoms with E-state index in [1.54, 1.807) is 17.8 Å². The average molecular weight is 506 g/mol. The van der Waals surface area contributed by atoms with E-state index in [-0.39, 0.29) is 17.2 Å². The van der Waals surface area contributed by atoms with Crippen LogP contribution in [0.25, 0.3) is 0 Å². The van der Waals surface area contributed by atoms with Gasteiger partial charge in [0.15, 0.2) is 0 Å². The summed E-state index contributed by atoms with van der Waals surface area (Å²) in [6.07, 6.45) is 1.09. The number of thiocarbonyl (C=S) groups is 1. The van der Waals surface area contributed by atoms with Gasteiger partial charge in [0, 0.05) is 47.1 Å². The van der Waals surface area contributed by atoms with Gasteiger partial charge in [0.1, 0.15) is 4.32 Å². The van der Waals surface area contributed by atoms with Gasteiger partial charge in [-0.2, -0.15) is 0 Å². The standard InChI is InChI=1S/C26H23N3O2S3/c30-24-11-5-8-19-18-12-17(14-28(19)24)13-27(15-18)26(32)33-16-25(31)29-20-6-1-3-9-22(20)34-23-10-4-2-7-21(23)29/h1-11,17-18H,12-16H2/t17-,18-/m0/s1. The molecule has 6 rings (SSSR count). The monoisotopic (exact) mass is 505 g/mol. The zero-order valence-corrected chi connectivity index (χ0v) is 20.9. The minimum Gasteiger partial charge on any atom is -0.356 e. The van der Waals surface area contributed by atoms with Gasteiger partial charge in [0.05, 0.1) is 17.1 Å². The molecule has 1 saturated heterocycles. The number of likely N-dealkylation sites (tertiary alicyclic amines) is 1. The lowest BCUT2D eigenvalue weighted by Crippen LogP contribution is -2.48. The van der Waals surface area contributed by atoms with Crippen molar-refractivity contribution in [2.45, 2.75) is 28.7 Å². The highest BCUT2D eigenvalue weighted by Gasteiger charge is 2.36. The lowest BCUT2D eigenvalue weighted by molar-refractivity contribution is -0.115. The molecule has 0 unspecified atom stereocenters. The van der Waals surface area contributed by atoms with Crippen LogP contribution in [-0.2, 0) is 11.3 Å². The molecular weight excluding hydrogens is 483 g/mol. The Hall–Kier alpha value is -2.55. The van der Waals surface area contributed by atoms with Gasteiger partial charge in [0.25, 0.3) is 5.56 Å². The highest BCUT2D eigenvalue weighted by molar-refractivity contribution is 8.23. The number of nitrogens with zero attached hydrogens (tertiary/aromatic N) is 3. The van der Waals surface area contributed by atoms with E-state index in [0.29, 0.717) is 11.8 Å². The summed E-state index contributed by atoms with van der Waals surface area (Å²) in [6.45, 7) is 2.38. The first kappa shape index (κ1) is 21.9. The number of rotatable bonds is 2. The van der Waals surface area contributed by atoms with Gasteiger partial charge in [-0.25, -0.2) is 0 Å². The quantitative estimate of drug-likeness (QED) is 0.451. The van der Waals surface area contributed by atoms with E-state index in [2.05, 4.69) is 23.1 Å². The zero-order chi connectivity index (χ0) is 23.2. The second-order valence-corrected chi connectivity index (χ2v) is 11.6. The molecule has 3 aromatic rings. The predicted molar refractivity (Wildman–Crippen MR) is 142 cm³/mol. The van der Waals surface area contributed by atoms with Crippen LogP contribution < -0.4 is 10.5 Å². The number of piperidine rings is 1. The number of aromatic nitrogens is 1. The van der Waals surface area contributed by atoms with Crippen molar-refractivity contribution in [3.05, 3.63) is 82.8 Å². The minimum atomic E-state index is 0.0293. The summed E-state index contributed by atoms with van der Waals surface area (Å²) in [5.74, 6) is 1.02. The van der Waals surface area contributed by atoms with Gasteiger partial charge < -0.3 is 9.47 Å². The summed E-state index contributed by atoms with van der Waals surface area (Å²) in [5.41, 5.74) is 3.05. The van der Waals surface area contributed by atoms with E-state index in [0.717, 1.165) is 57.2 Å². The number of anilines is 2. The van der Waals surface area contributed by atoms with Crippen LogP contribution in [0.3, 0.4) is 0 Å². The maximum absolute atomic E-state index is 13.5. The number of hydrogen-bond donors (Lipinski definition) is 0. The van der Waals surface area contributed by atoms with Crippen LogP contribution >= 0.6 is 35.7 Å². The molecule has 3 aliphatic heterocycles.